The van der Waals surface area contributed by atoms with Gasteiger partial charge in [0, 0.05) is 18.8 Å². The predicted molar refractivity (Wildman–Crippen MR) is 234 cm³/mol. The molecule has 3 aliphatic heterocycles. The second-order valence-electron chi connectivity index (χ2n) is 21.6. The third-order valence-electron chi connectivity index (χ3n) is 12.4. The van der Waals surface area contributed by atoms with E-state index in [4.69, 9.17) is 47.7 Å². The van der Waals surface area contributed by atoms with E-state index in [-0.39, 0.29) is 16.6 Å². The van der Waals surface area contributed by atoms with E-state index in [0.717, 1.165) is 0 Å². The van der Waals surface area contributed by atoms with Crippen molar-refractivity contribution in [1.82, 2.24) is 14.9 Å². The van der Waals surface area contributed by atoms with Crippen LogP contribution in [-0.4, -0.2) is 117 Å². The molecule has 3 aliphatic rings. The normalized spacial score (nSPS) is 28.3. The minimum atomic E-state index is -2.75. The highest BCUT2D eigenvalue weighted by Gasteiger charge is 2.62. The van der Waals surface area contributed by atoms with Gasteiger partial charge in [0.2, 0.25) is 0 Å². The van der Waals surface area contributed by atoms with Gasteiger partial charge in [-0.1, -0.05) is 55.4 Å². The summed E-state index contributed by atoms with van der Waals surface area (Å²) in [6, 6.07) is -0.269. The molecule has 4 heterocycles. The summed E-state index contributed by atoms with van der Waals surface area (Å²) in [6.45, 7) is 35.3. The van der Waals surface area contributed by atoms with Crippen LogP contribution in [0.25, 0.3) is 0 Å². The van der Waals surface area contributed by atoms with Gasteiger partial charge in [0.05, 0.1) is 0 Å². The zero-order valence-electron chi connectivity index (χ0n) is 39.9. The van der Waals surface area contributed by atoms with Gasteiger partial charge < -0.3 is 53.1 Å². The SMILES string of the molecule is CCC1(CC)OC2C(O1)[C@@H](CNC(=O)OC(C)(C)C)O[C@H]2O[C@@H]([C@H](N)C(=O)OC(C)(C)C)[C@H]1O[C@@H](n2ccc(=O)[nH]c2=O)C(O[Si](C)(C)C(C)(C)C)C1O[Si](C)(C)C(C)(C)C. The lowest BCUT2D eigenvalue weighted by atomic mass is 9.99. The van der Waals surface area contributed by atoms with Crippen LogP contribution in [0.2, 0.25) is 36.3 Å². The van der Waals surface area contributed by atoms with Gasteiger partial charge in [-0.25, -0.2) is 9.59 Å². The fraction of sp³-hybridized carbons (Fsp3) is 0.857. The lowest BCUT2D eigenvalue weighted by Crippen LogP contribution is -2.60. The van der Waals surface area contributed by atoms with Gasteiger partial charge in [-0.2, -0.15) is 0 Å². The Hall–Kier alpha value is -2.47. The molecule has 0 aromatic carbocycles. The number of alkyl carbamates (subject to hydrolysis) is 1. The highest BCUT2D eigenvalue weighted by atomic mass is 28.4. The number of esters is 1. The van der Waals surface area contributed by atoms with Crippen LogP contribution in [0.15, 0.2) is 21.9 Å². The average molecular weight is 901 g/mol. The van der Waals surface area contributed by atoms with Crippen LogP contribution in [0.1, 0.15) is 116 Å². The predicted octanol–water partition coefficient (Wildman–Crippen LogP) is 5.82. The number of rotatable bonds is 14. The number of nitrogens with two attached hydrogens (primary N) is 1. The van der Waals surface area contributed by atoms with Crippen molar-refractivity contribution in [3.63, 3.8) is 0 Å². The van der Waals surface area contributed by atoms with Crippen molar-refractivity contribution in [1.29, 1.82) is 0 Å². The molecule has 10 atom stereocenters. The van der Waals surface area contributed by atoms with E-state index in [9.17, 15) is 19.2 Å². The average Bonchev–Trinajstić information content (AvgIpc) is 3.73. The first-order chi connectivity index (χ1) is 27.6. The number of aromatic nitrogens is 2. The Morgan fingerprint density at radius 2 is 1.36 bits per heavy atom. The minimum Gasteiger partial charge on any atom is -0.459 e. The van der Waals surface area contributed by atoms with E-state index in [1.165, 1.54) is 16.8 Å². The Balaban J connectivity index is 1.91. The summed E-state index contributed by atoms with van der Waals surface area (Å²) in [4.78, 5) is 55.3. The molecular weight excluding hydrogens is 825 g/mol. The fourth-order valence-electron chi connectivity index (χ4n) is 6.94. The van der Waals surface area contributed by atoms with Crippen molar-refractivity contribution < 1.29 is 51.6 Å². The highest BCUT2D eigenvalue weighted by Crippen LogP contribution is 2.48. The maximum Gasteiger partial charge on any atom is 0.407 e. The summed E-state index contributed by atoms with van der Waals surface area (Å²) in [6.07, 6.45) is -7.46. The zero-order chi connectivity index (χ0) is 46.5. The van der Waals surface area contributed by atoms with Gasteiger partial charge in [0.25, 0.3) is 5.56 Å². The first-order valence-electron chi connectivity index (χ1n) is 21.6. The Morgan fingerprint density at radius 3 is 1.85 bits per heavy atom. The smallest absolute Gasteiger partial charge is 0.407 e. The van der Waals surface area contributed by atoms with Crippen molar-refractivity contribution >= 4 is 28.7 Å². The molecule has 0 spiro atoms. The fourth-order valence-corrected chi connectivity index (χ4v) is 9.52. The van der Waals surface area contributed by atoms with Gasteiger partial charge >= 0.3 is 17.8 Å². The van der Waals surface area contributed by atoms with E-state index in [1.54, 1.807) is 41.5 Å². The number of nitrogens with one attached hydrogen (secondary N) is 2. The first kappa shape index (κ1) is 51.2. The molecule has 4 rings (SSSR count). The quantitative estimate of drug-likeness (QED) is 0.149. The molecule has 1 aromatic heterocycles. The third kappa shape index (κ3) is 12.0. The second-order valence-corrected chi connectivity index (χ2v) is 31.1. The number of hydrogen-bond donors (Lipinski definition) is 3. The molecule has 0 saturated carbocycles. The molecule has 1 aromatic rings. The lowest BCUT2D eigenvalue weighted by molar-refractivity contribution is -0.269. The van der Waals surface area contributed by atoms with Crippen molar-refractivity contribution in [2.75, 3.05) is 6.54 Å². The number of carbonyl (C=O) groups excluding carboxylic acids is 2. The lowest BCUT2D eigenvalue weighted by Gasteiger charge is -2.45. The van der Waals surface area contributed by atoms with Crippen molar-refractivity contribution in [2.45, 2.75) is 224 Å². The number of fused-ring (bicyclic) bond motifs is 1. The van der Waals surface area contributed by atoms with Crippen LogP contribution in [0.3, 0.4) is 0 Å². The summed E-state index contributed by atoms with van der Waals surface area (Å²) in [5.74, 6) is -1.76. The van der Waals surface area contributed by atoms with E-state index in [0.29, 0.717) is 12.8 Å². The topological polar surface area (TPSA) is 210 Å². The van der Waals surface area contributed by atoms with Crippen LogP contribution >= 0.6 is 0 Å². The van der Waals surface area contributed by atoms with E-state index in [1.807, 2.05) is 13.8 Å². The Labute approximate surface area is 363 Å². The number of H-pyrrole nitrogens is 1. The first-order valence-corrected chi connectivity index (χ1v) is 27.4. The maximum absolute atomic E-state index is 14.2. The van der Waals surface area contributed by atoms with Crippen molar-refractivity contribution in [2.24, 2.45) is 5.73 Å². The van der Waals surface area contributed by atoms with Crippen LogP contribution in [0.4, 0.5) is 4.79 Å². The Bertz CT molecular complexity index is 1810. The number of amides is 1. The highest BCUT2D eigenvalue weighted by molar-refractivity contribution is 6.74. The molecule has 3 fully saturated rings. The van der Waals surface area contributed by atoms with Crippen LogP contribution in [0, 0.1) is 0 Å². The molecular formula is C42H76N4O13Si2. The molecule has 17 nitrogen and oxygen atoms in total. The second kappa shape index (κ2) is 18.2. The molecule has 4 N–H and O–H groups in total. The molecule has 350 valence electrons. The summed E-state index contributed by atoms with van der Waals surface area (Å²) in [5, 5.41) is 2.18. The van der Waals surface area contributed by atoms with E-state index in [2.05, 4.69) is 78.0 Å². The third-order valence-corrected chi connectivity index (χ3v) is 21.3. The monoisotopic (exact) mass is 900 g/mol. The van der Waals surface area contributed by atoms with Gasteiger partial charge in [0.15, 0.2) is 34.9 Å². The number of carbonyl (C=O) groups is 2. The van der Waals surface area contributed by atoms with E-state index < -0.39 is 118 Å². The molecule has 19 heteroatoms. The Morgan fingerprint density at radius 1 is 0.836 bits per heavy atom. The molecule has 0 radical (unpaired) electrons. The van der Waals surface area contributed by atoms with Crippen LogP contribution in [-0.2, 0) is 46.8 Å². The number of ether oxygens (including phenoxy) is 7. The maximum atomic E-state index is 14.2. The number of nitrogens with zero attached hydrogens (tertiary/aromatic N) is 1. The van der Waals surface area contributed by atoms with Gasteiger partial charge in [-0.15, -0.1) is 0 Å². The minimum absolute atomic E-state index is 0.0116. The number of hydrogen-bond acceptors (Lipinski definition) is 14. The largest absolute Gasteiger partial charge is 0.459 e. The summed E-state index contributed by atoms with van der Waals surface area (Å²) in [5.41, 5.74) is 4.00. The van der Waals surface area contributed by atoms with Gasteiger partial charge in [0.1, 0.15) is 60.0 Å². The van der Waals surface area contributed by atoms with Crippen molar-refractivity contribution in [3.05, 3.63) is 33.1 Å². The molecule has 61 heavy (non-hydrogen) atoms. The molecule has 1 amide bonds. The molecule has 3 saturated heterocycles. The van der Waals surface area contributed by atoms with Crippen LogP contribution in [0.5, 0.6) is 0 Å². The Kier molecular flexibility index (Phi) is 15.3. The molecule has 0 bridgehead atoms. The van der Waals surface area contributed by atoms with Gasteiger partial charge in [-0.05, 0) is 90.6 Å². The van der Waals surface area contributed by atoms with E-state index >= 15 is 0 Å². The summed E-state index contributed by atoms with van der Waals surface area (Å²) < 4.78 is 60.8. The molecule has 4 unspecified atom stereocenters. The molecule has 0 aliphatic carbocycles. The summed E-state index contributed by atoms with van der Waals surface area (Å²) in [7, 11) is -5.45. The number of aromatic amines is 1. The standard InChI is InChI=1S/C42H76N4O13Si2/c1-19-42(20-2)54-27-24(23-44-37(50)57-39(6,7)8)51-35(32(27)55-42)53-28(26(43)34(48)56-38(3,4)5)29-30(58-60(15,16)40(9,10)11)31(59-61(17,18)41(12,13)14)33(52-29)46-22-21-25(47)45-36(46)49/h21-22,24,26-33,35H,19-20,23,43H2,1-18H3,(H,44,50)(H,45,47,49)/t24-,26+,27?,28+,29-,30?,31?,32?,33-,35+/m1/s1. The van der Waals surface area contributed by atoms with Crippen molar-refractivity contribution in [3.8, 4) is 0 Å². The summed E-state index contributed by atoms with van der Waals surface area (Å²) >= 11 is 0. The van der Waals surface area contributed by atoms with Gasteiger partial charge in [-0.3, -0.25) is 19.1 Å². The van der Waals surface area contributed by atoms with Crippen LogP contribution < -0.4 is 22.3 Å². The zero-order valence-corrected chi connectivity index (χ0v) is 41.9.